The van der Waals surface area contributed by atoms with Crippen LogP contribution in [0.3, 0.4) is 0 Å². The molecule has 0 aromatic rings. The highest BCUT2D eigenvalue weighted by molar-refractivity contribution is 4.93. The fourth-order valence-electron chi connectivity index (χ4n) is 3.93. The van der Waals surface area contributed by atoms with Gasteiger partial charge in [-0.15, -0.1) is 0 Å². The summed E-state index contributed by atoms with van der Waals surface area (Å²) in [5.41, 5.74) is 6.45. The van der Waals surface area contributed by atoms with E-state index < -0.39 is 0 Å². The zero-order valence-electron chi connectivity index (χ0n) is 13.0. The molecule has 0 spiro atoms. The summed E-state index contributed by atoms with van der Waals surface area (Å²) in [6.45, 7) is 8.72. The van der Waals surface area contributed by atoms with Crippen molar-refractivity contribution in [1.82, 2.24) is 4.90 Å². The van der Waals surface area contributed by atoms with Crippen LogP contribution in [-0.4, -0.2) is 42.3 Å². The van der Waals surface area contributed by atoms with E-state index >= 15 is 0 Å². The minimum absolute atomic E-state index is 0.363. The van der Waals surface area contributed by atoms with Gasteiger partial charge in [-0.25, -0.2) is 0 Å². The number of hydrogen-bond acceptors (Lipinski definition) is 3. The molecule has 19 heavy (non-hydrogen) atoms. The quantitative estimate of drug-likeness (QED) is 0.852. The van der Waals surface area contributed by atoms with Crippen LogP contribution < -0.4 is 5.73 Å². The first kappa shape index (κ1) is 15.3. The molecule has 5 atom stereocenters. The van der Waals surface area contributed by atoms with Gasteiger partial charge >= 0.3 is 0 Å². The fourth-order valence-corrected chi connectivity index (χ4v) is 3.93. The van der Waals surface area contributed by atoms with Gasteiger partial charge in [0, 0.05) is 24.7 Å². The molecule has 2 N–H and O–H groups in total. The Morgan fingerprint density at radius 2 is 2.05 bits per heavy atom. The molecule has 0 aromatic heterocycles. The van der Waals surface area contributed by atoms with Crippen molar-refractivity contribution in [3.05, 3.63) is 0 Å². The highest BCUT2D eigenvalue weighted by Crippen LogP contribution is 2.32. The number of nitrogens with zero attached hydrogens (tertiary/aromatic N) is 1. The summed E-state index contributed by atoms with van der Waals surface area (Å²) in [4.78, 5) is 2.68. The lowest BCUT2D eigenvalue weighted by molar-refractivity contribution is -0.0838. The zero-order valence-corrected chi connectivity index (χ0v) is 13.0. The molecule has 1 aliphatic carbocycles. The molecule has 2 aliphatic rings. The third-order valence-electron chi connectivity index (χ3n) is 5.08. The Hall–Kier alpha value is -0.120. The largest absolute Gasteiger partial charge is 0.376 e. The summed E-state index contributed by atoms with van der Waals surface area (Å²) in [6.07, 6.45) is 8.07. The summed E-state index contributed by atoms with van der Waals surface area (Å²) in [5, 5.41) is 0. The normalized spacial score (nSPS) is 41.4. The Balaban J connectivity index is 2.03. The summed E-state index contributed by atoms with van der Waals surface area (Å²) in [6, 6.07) is 1.53. The fraction of sp³-hybridized carbons (Fsp3) is 1.00. The zero-order chi connectivity index (χ0) is 13.8. The average Bonchev–Trinajstić information content (AvgIpc) is 2.41. The highest BCUT2D eigenvalue weighted by atomic mass is 16.5. The van der Waals surface area contributed by atoms with Gasteiger partial charge in [0.15, 0.2) is 0 Å². The van der Waals surface area contributed by atoms with Crippen LogP contribution >= 0.6 is 0 Å². The molecule has 1 aliphatic heterocycles. The molecule has 1 saturated carbocycles. The first-order chi connectivity index (χ1) is 9.15. The van der Waals surface area contributed by atoms with Crippen LogP contribution in [0.1, 0.15) is 59.3 Å². The van der Waals surface area contributed by atoms with Crippen LogP contribution in [-0.2, 0) is 4.74 Å². The topological polar surface area (TPSA) is 38.5 Å². The maximum absolute atomic E-state index is 6.45. The van der Waals surface area contributed by atoms with E-state index in [9.17, 15) is 0 Å². The lowest BCUT2D eigenvalue weighted by atomic mass is 9.79. The highest BCUT2D eigenvalue weighted by Gasteiger charge is 2.37. The van der Waals surface area contributed by atoms with E-state index in [2.05, 4.69) is 25.7 Å². The second-order valence-electron chi connectivity index (χ2n) is 6.60. The minimum Gasteiger partial charge on any atom is -0.376 e. The molecule has 0 bridgehead atoms. The number of rotatable bonds is 4. The van der Waals surface area contributed by atoms with Gasteiger partial charge in [0.25, 0.3) is 0 Å². The van der Waals surface area contributed by atoms with E-state index in [0.717, 1.165) is 19.1 Å². The Bertz CT molecular complexity index is 271. The van der Waals surface area contributed by atoms with Gasteiger partial charge < -0.3 is 10.5 Å². The molecule has 0 aromatic carbocycles. The third-order valence-corrected chi connectivity index (χ3v) is 5.08. The molecule has 1 heterocycles. The van der Waals surface area contributed by atoms with Gasteiger partial charge in [-0.05, 0) is 38.5 Å². The maximum atomic E-state index is 6.45. The summed E-state index contributed by atoms with van der Waals surface area (Å²) >= 11 is 0. The van der Waals surface area contributed by atoms with Crippen molar-refractivity contribution in [2.75, 3.05) is 13.2 Å². The molecule has 5 unspecified atom stereocenters. The van der Waals surface area contributed by atoms with E-state index in [0.29, 0.717) is 24.2 Å². The predicted molar refractivity (Wildman–Crippen MR) is 80.2 cm³/mol. The Kier molecular flexibility index (Phi) is 5.67. The Morgan fingerprint density at radius 1 is 1.26 bits per heavy atom. The summed E-state index contributed by atoms with van der Waals surface area (Å²) in [5.74, 6) is 0.894. The average molecular weight is 268 g/mol. The number of hydrogen-bond donors (Lipinski definition) is 1. The van der Waals surface area contributed by atoms with Crippen LogP contribution in [0.15, 0.2) is 0 Å². The first-order valence-corrected chi connectivity index (χ1v) is 8.28. The van der Waals surface area contributed by atoms with Crippen LogP contribution in [0.25, 0.3) is 0 Å². The Labute approximate surface area is 118 Å². The van der Waals surface area contributed by atoms with E-state index in [1.54, 1.807) is 0 Å². The van der Waals surface area contributed by atoms with Crippen LogP contribution in [0.5, 0.6) is 0 Å². The smallest absolute Gasteiger partial charge is 0.0674 e. The molecular weight excluding hydrogens is 236 g/mol. The number of morpholine rings is 1. The molecule has 3 heteroatoms. The lowest BCUT2D eigenvalue weighted by Gasteiger charge is -2.48. The van der Waals surface area contributed by atoms with Gasteiger partial charge in [-0.3, -0.25) is 4.90 Å². The molecule has 0 amide bonds. The third kappa shape index (κ3) is 3.71. The van der Waals surface area contributed by atoms with Crippen LogP contribution in [0.4, 0.5) is 0 Å². The van der Waals surface area contributed by atoms with E-state index in [1.807, 2.05) is 0 Å². The molecule has 0 radical (unpaired) electrons. The van der Waals surface area contributed by atoms with E-state index in [1.165, 1.54) is 38.5 Å². The number of nitrogens with two attached hydrogens (primary N) is 1. The van der Waals surface area contributed by atoms with Crippen molar-refractivity contribution < 1.29 is 4.74 Å². The minimum atomic E-state index is 0.363. The van der Waals surface area contributed by atoms with Crippen LogP contribution in [0, 0.1) is 5.92 Å². The van der Waals surface area contributed by atoms with E-state index in [-0.39, 0.29) is 0 Å². The molecule has 2 fully saturated rings. The van der Waals surface area contributed by atoms with Crippen molar-refractivity contribution in [3.63, 3.8) is 0 Å². The number of ether oxygens (including phenoxy) is 1. The van der Waals surface area contributed by atoms with Gasteiger partial charge in [0.05, 0.1) is 12.7 Å². The molecule has 3 nitrogen and oxygen atoms in total. The SMILES string of the molecule is CCCC1CCC(N)C(N2CC(C)OCC2CC)C1. The second kappa shape index (κ2) is 7.05. The van der Waals surface area contributed by atoms with E-state index in [4.69, 9.17) is 10.5 Å². The van der Waals surface area contributed by atoms with Gasteiger partial charge in [-0.2, -0.15) is 0 Å². The summed E-state index contributed by atoms with van der Waals surface area (Å²) in [7, 11) is 0. The van der Waals surface area contributed by atoms with Crippen molar-refractivity contribution >= 4 is 0 Å². The van der Waals surface area contributed by atoms with Gasteiger partial charge in [0.2, 0.25) is 0 Å². The molecule has 112 valence electrons. The molecular formula is C16H32N2O. The Morgan fingerprint density at radius 3 is 2.74 bits per heavy atom. The van der Waals surface area contributed by atoms with Crippen molar-refractivity contribution in [1.29, 1.82) is 0 Å². The lowest BCUT2D eigenvalue weighted by Crippen LogP contribution is -2.59. The molecule has 1 saturated heterocycles. The van der Waals surface area contributed by atoms with Crippen molar-refractivity contribution in [3.8, 4) is 0 Å². The standard InChI is InChI=1S/C16H32N2O/c1-4-6-13-7-8-15(17)16(9-13)18-10-12(3)19-11-14(18)5-2/h12-16H,4-11,17H2,1-3H3. The van der Waals surface area contributed by atoms with Gasteiger partial charge in [-0.1, -0.05) is 26.7 Å². The predicted octanol–water partition coefficient (Wildman–Crippen LogP) is 2.78. The second-order valence-corrected chi connectivity index (χ2v) is 6.60. The van der Waals surface area contributed by atoms with Crippen molar-refractivity contribution in [2.45, 2.75) is 83.5 Å². The molecule has 2 rings (SSSR count). The van der Waals surface area contributed by atoms with Crippen molar-refractivity contribution in [2.24, 2.45) is 11.7 Å². The maximum Gasteiger partial charge on any atom is 0.0674 e. The first-order valence-electron chi connectivity index (χ1n) is 8.28. The summed E-state index contributed by atoms with van der Waals surface area (Å²) < 4.78 is 5.83. The van der Waals surface area contributed by atoms with Crippen LogP contribution in [0.2, 0.25) is 0 Å². The van der Waals surface area contributed by atoms with Gasteiger partial charge in [0.1, 0.15) is 0 Å². The monoisotopic (exact) mass is 268 g/mol.